The van der Waals surface area contributed by atoms with E-state index in [1.807, 2.05) is 51.3 Å². The summed E-state index contributed by atoms with van der Waals surface area (Å²) in [6, 6.07) is 0. The molecule has 0 aromatic rings. The molecule has 1 heterocycles. The van der Waals surface area contributed by atoms with E-state index in [9.17, 15) is 9.59 Å². The smallest absolute Gasteiger partial charge is 0.320 e. The Morgan fingerprint density at radius 3 is 1.85 bits per heavy atom. The van der Waals surface area contributed by atoms with Crippen LogP contribution in [0.5, 0.6) is 0 Å². The van der Waals surface area contributed by atoms with Crippen LogP contribution in [-0.4, -0.2) is 60.0 Å². The first-order valence-electron chi connectivity index (χ1n) is 7.22. The summed E-state index contributed by atoms with van der Waals surface area (Å²) in [5, 5.41) is 0. The zero-order valence-electron chi connectivity index (χ0n) is 13.7. The molecule has 0 radical (unpaired) electrons. The van der Waals surface area contributed by atoms with Crippen molar-refractivity contribution in [3.63, 3.8) is 0 Å². The van der Waals surface area contributed by atoms with Crippen LogP contribution in [-0.2, 0) is 14.3 Å². The monoisotopic (exact) mass is 284 g/mol. The Labute approximate surface area is 122 Å². The van der Waals surface area contributed by atoms with Gasteiger partial charge in [-0.2, -0.15) is 0 Å². The predicted molar refractivity (Wildman–Crippen MR) is 78.3 cm³/mol. The quantitative estimate of drug-likeness (QED) is 0.721. The van der Waals surface area contributed by atoms with Gasteiger partial charge in [-0.3, -0.25) is 14.5 Å². The van der Waals surface area contributed by atoms with Crippen molar-refractivity contribution in [2.24, 2.45) is 5.41 Å². The highest BCUT2D eigenvalue weighted by Crippen LogP contribution is 2.18. The van der Waals surface area contributed by atoms with Gasteiger partial charge in [0.25, 0.3) is 0 Å². The van der Waals surface area contributed by atoms with E-state index >= 15 is 0 Å². The van der Waals surface area contributed by atoms with E-state index in [4.69, 9.17) is 4.74 Å². The Morgan fingerprint density at radius 2 is 1.45 bits per heavy atom. The van der Waals surface area contributed by atoms with Gasteiger partial charge in [0, 0.05) is 31.6 Å². The molecule has 0 aliphatic carbocycles. The zero-order valence-corrected chi connectivity index (χ0v) is 13.7. The second kappa shape index (κ2) is 6.12. The van der Waals surface area contributed by atoms with Crippen LogP contribution < -0.4 is 0 Å². The molecule has 1 rings (SSSR count). The third-order valence-electron chi connectivity index (χ3n) is 3.07. The molecular weight excluding hydrogens is 256 g/mol. The largest absolute Gasteiger partial charge is 0.459 e. The van der Waals surface area contributed by atoms with Gasteiger partial charge in [-0.15, -0.1) is 0 Å². The molecule has 0 saturated carbocycles. The lowest BCUT2D eigenvalue weighted by atomic mass is 9.94. The van der Waals surface area contributed by atoms with Crippen LogP contribution in [0.25, 0.3) is 0 Å². The number of esters is 1. The highest BCUT2D eigenvalue weighted by molar-refractivity contribution is 5.81. The number of amides is 1. The summed E-state index contributed by atoms with van der Waals surface area (Å²) in [7, 11) is 0. The van der Waals surface area contributed by atoms with Crippen molar-refractivity contribution in [3.8, 4) is 0 Å². The molecule has 0 aromatic carbocycles. The van der Waals surface area contributed by atoms with Gasteiger partial charge in [0.15, 0.2) is 0 Å². The van der Waals surface area contributed by atoms with E-state index in [1.165, 1.54) is 0 Å². The van der Waals surface area contributed by atoms with E-state index < -0.39 is 5.60 Å². The molecule has 1 fully saturated rings. The van der Waals surface area contributed by atoms with Gasteiger partial charge >= 0.3 is 5.97 Å². The van der Waals surface area contributed by atoms with Crippen molar-refractivity contribution >= 4 is 11.9 Å². The van der Waals surface area contributed by atoms with E-state index in [-0.39, 0.29) is 17.3 Å². The molecular formula is C15H28N2O3. The maximum Gasteiger partial charge on any atom is 0.320 e. The van der Waals surface area contributed by atoms with Crippen LogP contribution in [0.15, 0.2) is 0 Å². The minimum absolute atomic E-state index is 0.175. The number of hydrogen-bond donors (Lipinski definition) is 0. The third-order valence-corrected chi connectivity index (χ3v) is 3.07. The number of hydrogen-bond acceptors (Lipinski definition) is 4. The van der Waals surface area contributed by atoms with Crippen molar-refractivity contribution < 1.29 is 14.3 Å². The molecule has 1 aliphatic heterocycles. The second-order valence-electron chi connectivity index (χ2n) is 7.40. The van der Waals surface area contributed by atoms with E-state index in [1.54, 1.807) is 0 Å². The number of rotatable bonds is 2. The normalized spacial score (nSPS) is 18.0. The molecule has 0 N–H and O–H groups in total. The maximum atomic E-state index is 12.2. The fourth-order valence-electron chi connectivity index (χ4n) is 2.14. The minimum atomic E-state index is -0.443. The third kappa shape index (κ3) is 5.49. The summed E-state index contributed by atoms with van der Waals surface area (Å²) >= 11 is 0. The number of piperazine rings is 1. The topological polar surface area (TPSA) is 49.9 Å². The van der Waals surface area contributed by atoms with Gasteiger partial charge in [-0.25, -0.2) is 0 Å². The fraction of sp³-hybridized carbons (Fsp3) is 0.867. The van der Waals surface area contributed by atoms with Crippen molar-refractivity contribution in [2.75, 3.05) is 32.7 Å². The molecule has 0 unspecified atom stereocenters. The molecule has 5 heteroatoms. The summed E-state index contributed by atoms with van der Waals surface area (Å²) in [5.74, 6) is -0.0254. The molecule has 0 bridgehead atoms. The van der Waals surface area contributed by atoms with Crippen molar-refractivity contribution in [3.05, 3.63) is 0 Å². The molecule has 0 atom stereocenters. The Morgan fingerprint density at radius 1 is 0.950 bits per heavy atom. The maximum absolute atomic E-state index is 12.2. The lowest BCUT2D eigenvalue weighted by Crippen LogP contribution is -2.52. The van der Waals surface area contributed by atoms with Gasteiger partial charge in [0.1, 0.15) is 5.60 Å². The highest BCUT2D eigenvalue weighted by Gasteiger charge is 2.30. The number of carbonyl (C=O) groups is 2. The van der Waals surface area contributed by atoms with Gasteiger partial charge in [-0.1, -0.05) is 20.8 Å². The Kier molecular flexibility index (Phi) is 5.19. The number of carbonyl (C=O) groups excluding carboxylic acids is 2. The zero-order chi connectivity index (χ0) is 15.6. The molecule has 5 nitrogen and oxygen atoms in total. The van der Waals surface area contributed by atoms with E-state index in [2.05, 4.69) is 0 Å². The molecule has 1 amide bonds. The van der Waals surface area contributed by atoms with Gasteiger partial charge in [0.05, 0.1) is 6.54 Å². The van der Waals surface area contributed by atoms with Gasteiger partial charge in [0.2, 0.25) is 5.91 Å². The first kappa shape index (κ1) is 17.0. The van der Waals surface area contributed by atoms with Crippen LogP contribution in [0, 0.1) is 5.41 Å². The number of ether oxygens (including phenoxy) is 1. The predicted octanol–water partition coefficient (Wildman–Crippen LogP) is 1.52. The lowest BCUT2D eigenvalue weighted by Gasteiger charge is -2.37. The molecule has 1 aliphatic rings. The first-order chi connectivity index (χ1) is 8.99. The van der Waals surface area contributed by atoms with Crippen molar-refractivity contribution in [1.82, 2.24) is 9.80 Å². The molecule has 1 saturated heterocycles. The molecule has 116 valence electrons. The van der Waals surface area contributed by atoms with Crippen molar-refractivity contribution in [2.45, 2.75) is 47.1 Å². The standard InChI is InChI=1S/C15H28N2O3/c1-14(2,3)13(19)17-9-7-16(8-10-17)11-12(18)20-15(4,5)6/h7-11H2,1-6H3. The van der Waals surface area contributed by atoms with Crippen molar-refractivity contribution in [1.29, 1.82) is 0 Å². The van der Waals surface area contributed by atoms with Crippen LogP contribution in [0.2, 0.25) is 0 Å². The summed E-state index contributed by atoms with van der Waals surface area (Å²) < 4.78 is 5.31. The van der Waals surface area contributed by atoms with Crippen LogP contribution >= 0.6 is 0 Å². The summed E-state index contributed by atoms with van der Waals surface area (Å²) in [6.07, 6.45) is 0. The first-order valence-corrected chi connectivity index (χ1v) is 7.22. The SMILES string of the molecule is CC(C)(C)OC(=O)CN1CCN(C(=O)C(C)(C)C)CC1. The highest BCUT2D eigenvalue weighted by atomic mass is 16.6. The summed E-state index contributed by atoms with van der Waals surface area (Å²) in [4.78, 5) is 27.8. The van der Waals surface area contributed by atoms with E-state index in [0.29, 0.717) is 19.6 Å². The van der Waals surface area contributed by atoms with Crippen LogP contribution in [0.1, 0.15) is 41.5 Å². The summed E-state index contributed by atoms with van der Waals surface area (Å²) in [6.45, 7) is 14.5. The lowest BCUT2D eigenvalue weighted by molar-refractivity contribution is -0.156. The average Bonchev–Trinajstić information content (AvgIpc) is 2.25. The average molecular weight is 284 g/mol. The van der Waals surface area contributed by atoms with Gasteiger partial charge in [-0.05, 0) is 20.8 Å². The van der Waals surface area contributed by atoms with Gasteiger partial charge < -0.3 is 9.64 Å². The molecule has 0 spiro atoms. The minimum Gasteiger partial charge on any atom is -0.459 e. The van der Waals surface area contributed by atoms with E-state index in [0.717, 1.165) is 13.1 Å². The van der Waals surface area contributed by atoms with Crippen LogP contribution in [0.3, 0.4) is 0 Å². The van der Waals surface area contributed by atoms with Crippen LogP contribution in [0.4, 0.5) is 0 Å². The Bertz CT molecular complexity index is 358. The Balaban J connectivity index is 2.40. The Hall–Kier alpha value is -1.10. The number of nitrogens with zero attached hydrogens (tertiary/aromatic N) is 2. The fourth-order valence-corrected chi connectivity index (χ4v) is 2.14. The molecule has 0 aromatic heterocycles. The molecule has 20 heavy (non-hydrogen) atoms. The second-order valence-corrected chi connectivity index (χ2v) is 7.40. The summed E-state index contributed by atoms with van der Waals surface area (Å²) in [5.41, 5.74) is -0.783.